The second-order valence-corrected chi connectivity index (χ2v) is 4.01. The van der Waals surface area contributed by atoms with Crippen LogP contribution in [-0.2, 0) is 6.54 Å². The van der Waals surface area contributed by atoms with E-state index in [1.54, 1.807) is 6.07 Å². The molecular weight excluding hydrogens is 264 g/mol. The van der Waals surface area contributed by atoms with Crippen LogP contribution in [0.4, 0.5) is 17.6 Å². The number of nitriles is 1. The molecule has 1 N–H and O–H groups in total. The summed E-state index contributed by atoms with van der Waals surface area (Å²) < 4.78 is 50.1. The number of hydrogen-bond donors (Lipinski definition) is 1. The number of alkyl halides is 3. The third-order valence-corrected chi connectivity index (χ3v) is 2.31. The van der Waals surface area contributed by atoms with Crippen LogP contribution in [0, 0.1) is 17.1 Å². The van der Waals surface area contributed by atoms with Crippen molar-refractivity contribution >= 4 is 0 Å². The third-order valence-electron chi connectivity index (χ3n) is 2.31. The standard InChI is InChI=1S/C12H12F4N2O/c13-11-4-9(6-17)3-10(5-11)7-18(1-2-19)8-12(14,15)16/h3-5,19H,1-2,7-8H2. The van der Waals surface area contributed by atoms with Crippen molar-refractivity contribution in [1.29, 1.82) is 5.26 Å². The van der Waals surface area contributed by atoms with E-state index in [0.29, 0.717) is 0 Å². The molecule has 0 aliphatic heterocycles. The van der Waals surface area contributed by atoms with Crippen molar-refractivity contribution in [2.45, 2.75) is 12.7 Å². The Morgan fingerprint density at radius 2 is 1.95 bits per heavy atom. The van der Waals surface area contributed by atoms with E-state index in [1.807, 2.05) is 0 Å². The maximum absolute atomic E-state index is 13.1. The minimum Gasteiger partial charge on any atom is -0.395 e. The second-order valence-electron chi connectivity index (χ2n) is 4.01. The molecule has 3 nitrogen and oxygen atoms in total. The van der Waals surface area contributed by atoms with Gasteiger partial charge in [0, 0.05) is 13.1 Å². The first-order valence-electron chi connectivity index (χ1n) is 5.43. The van der Waals surface area contributed by atoms with Crippen molar-refractivity contribution in [3.8, 4) is 6.07 Å². The highest BCUT2D eigenvalue weighted by molar-refractivity contribution is 5.33. The molecule has 0 aliphatic carbocycles. The van der Waals surface area contributed by atoms with Crippen molar-refractivity contribution in [3.05, 3.63) is 35.1 Å². The molecule has 0 radical (unpaired) electrons. The van der Waals surface area contributed by atoms with Crippen LogP contribution in [0.25, 0.3) is 0 Å². The van der Waals surface area contributed by atoms with Crippen molar-refractivity contribution < 1.29 is 22.7 Å². The summed E-state index contributed by atoms with van der Waals surface area (Å²) in [7, 11) is 0. The summed E-state index contributed by atoms with van der Waals surface area (Å²) >= 11 is 0. The third kappa shape index (κ3) is 5.68. The Labute approximate surface area is 107 Å². The van der Waals surface area contributed by atoms with Crippen LogP contribution >= 0.6 is 0 Å². The Morgan fingerprint density at radius 1 is 1.26 bits per heavy atom. The lowest BCUT2D eigenvalue weighted by atomic mass is 10.1. The first-order chi connectivity index (χ1) is 8.84. The molecule has 0 spiro atoms. The van der Waals surface area contributed by atoms with Gasteiger partial charge in [-0.2, -0.15) is 18.4 Å². The molecule has 1 rings (SSSR count). The van der Waals surface area contributed by atoms with E-state index in [9.17, 15) is 17.6 Å². The average Bonchev–Trinajstić information content (AvgIpc) is 2.26. The van der Waals surface area contributed by atoms with Crippen LogP contribution in [-0.4, -0.2) is 35.9 Å². The highest BCUT2D eigenvalue weighted by atomic mass is 19.4. The molecule has 0 saturated carbocycles. The van der Waals surface area contributed by atoms with Gasteiger partial charge in [0.2, 0.25) is 0 Å². The summed E-state index contributed by atoms with van der Waals surface area (Å²) in [5.41, 5.74) is 0.306. The molecule has 0 fully saturated rings. The van der Waals surface area contributed by atoms with Crippen LogP contribution in [0.5, 0.6) is 0 Å². The molecule has 0 saturated heterocycles. The van der Waals surface area contributed by atoms with Crippen LogP contribution < -0.4 is 0 Å². The quantitative estimate of drug-likeness (QED) is 0.837. The van der Waals surface area contributed by atoms with Gasteiger partial charge in [0.15, 0.2) is 0 Å². The molecule has 104 valence electrons. The largest absolute Gasteiger partial charge is 0.401 e. The van der Waals surface area contributed by atoms with Crippen molar-refractivity contribution in [2.24, 2.45) is 0 Å². The smallest absolute Gasteiger partial charge is 0.395 e. The lowest BCUT2D eigenvalue weighted by Gasteiger charge is -2.22. The fraction of sp³-hybridized carbons (Fsp3) is 0.417. The lowest BCUT2D eigenvalue weighted by Crippen LogP contribution is -2.35. The van der Waals surface area contributed by atoms with Gasteiger partial charge in [-0.1, -0.05) is 0 Å². The van der Waals surface area contributed by atoms with Gasteiger partial charge in [0.05, 0.1) is 24.8 Å². The average molecular weight is 276 g/mol. The maximum atomic E-state index is 13.1. The normalized spacial score (nSPS) is 11.6. The molecule has 0 bridgehead atoms. The monoisotopic (exact) mass is 276 g/mol. The van der Waals surface area contributed by atoms with E-state index in [0.717, 1.165) is 17.0 Å². The first kappa shape index (κ1) is 15.4. The van der Waals surface area contributed by atoms with E-state index in [-0.39, 0.29) is 24.2 Å². The Kier molecular flexibility index (Phi) is 5.27. The van der Waals surface area contributed by atoms with Gasteiger partial charge in [0.1, 0.15) is 5.82 Å². The van der Waals surface area contributed by atoms with Gasteiger partial charge in [-0.05, 0) is 23.8 Å². The maximum Gasteiger partial charge on any atom is 0.401 e. The molecule has 0 aromatic heterocycles. The van der Waals surface area contributed by atoms with E-state index in [1.165, 1.54) is 6.07 Å². The van der Waals surface area contributed by atoms with Gasteiger partial charge in [-0.15, -0.1) is 0 Å². The summed E-state index contributed by atoms with van der Waals surface area (Å²) in [4.78, 5) is 0.940. The van der Waals surface area contributed by atoms with Crippen LogP contribution in [0.2, 0.25) is 0 Å². The fourth-order valence-corrected chi connectivity index (χ4v) is 1.67. The van der Waals surface area contributed by atoms with E-state index >= 15 is 0 Å². The van der Waals surface area contributed by atoms with Gasteiger partial charge in [-0.3, -0.25) is 4.90 Å². The molecule has 19 heavy (non-hydrogen) atoms. The zero-order valence-corrected chi connectivity index (χ0v) is 9.91. The molecule has 7 heteroatoms. The lowest BCUT2D eigenvalue weighted by molar-refractivity contribution is -0.147. The van der Waals surface area contributed by atoms with Gasteiger partial charge >= 0.3 is 6.18 Å². The molecule has 0 unspecified atom stereocenters. The molecule has 1 aromatic rings. The summed E-state index contributed by atoms with van der Waals surface area (Å²) in [6.07, 6.45) is -4.40. The van der Waals surface area contributed by atoms with Crippen LogP contribution in [0.3, 0.4) is 0 Å². The number of aliphatic hydroxyl groups is 1. The SMILES string of the molecule is N#Cc1cc(F)cc(CN(CCO)CC(F)(F)F)c1. The van der Waals surface area contributed by atoms with E-state index in [2.05, 4.69) is 0 Å². The Morgan fingerprint density at radius 3 is 2.47 bits per heavy atom. The summed E-state index contributed by atoms with van der Waals surface area (Å²) in [6, 6.07) is 5.13. The predicted octanol–water partition coefficient (Wildman–Crippen LogP) is 2.05. The summed E-state index contributed by atoms with van der Waals surface area (Å²) in [6.45, 7) is -2.01. The van der Waals surface area contributed by atoms with Crippen LogP contribution in [0.1, 0.15) is 11.1 Å². The van der Waals surface area contributed by atoms with E-state index in [4.69, 9.17) is 10.4 Å². The van der Waals surface area contributed by atoms with Gasteiger partial charge in [0.25, 0.3) is 0 Å². The predicted molar refractivity (Wildman–Crippen MR) is 59.5 cm³/mol. The second kappa shape index (κ2) is 6.50. The number of aliphatic hydroxyl groups excluding tert-OH is 1. The summed E-state index contributed by atoms with van der Waals surface area (Å²) in [5, 5.41) is 17.4. The van der Waals surface area contributed by atoms with Crippen molar-refractivity contribution in [3.63, 3.8) is 0 Å². The van der Waals surface area contributed by atoms with Gasteiger partial charge in [-0.25, -0.2) is 4.39 Å². The first-order valence-corrected chi connectivity index (χ1v) is 5.43. The highest BCUT2D eigenvalue weighted by Crippen LogP contribution is 2.18. The van der Waals surface area contributed by atoms with Crippen LogP contribution in [0.15, 0.2) is 18.2 Å². The number of rotatable bonds is 5. The topological polar surface area (TPSA) is 47.3 Å². The Bertz CT molecular complexity index is 468. The molecule has 0 aliphatic rings. The molecule has 0 amide bonds. The number of halogens is 4. The molecule has 1 aromatic carbocycles. The number of hydrogen-bond acceptors (Lipinski definition) is 3. The molecular formula is C12H12F4N2O. The van der Waals surface area contributed by atoms with E-state index < -0.39 is 25.1 Å². The number of nitrogens with zero attached hydrogens (tertiary/aromatic N) is 2. The van der Waals surface area contributed by atoms with Crippen molar-refractivity contribution in [2.75, 3.05) is 19.7 Å². The molecule has 0 heterocycles. The zero-order valence-electron chi connectivity index (χ0n) is 9.91. The van der Waals surface area contributed by atoms with Gasteiger partial charge < -0.3 is 5.11 Å². The summed E-state index contributed by atoms with van der Waals surface area (Å²) in [5.74, 6) is -0.676. The fourth-order valence-electron chi connectivity index (χ4n) is 1.67. The molecule has 0 atom stereocenters. The zero-order chi connectivity index (χ0) is 14.5. The minimum absolute atomic E-state index is 0.0472. The number of benzene rings is 1. The Balaban J connectivity index is 2.84. The Hall–Kier alpha value is -1.65. The highest BCUT2D eigenvalue weighted by Gasteiger charge is 2.30. The minimum atomic E-state index is -4.40. The van der Waals surface area contributed by atoms with Crippen molar-refractivity contribution in [1.82, 2.24) is 4.90 Å².